The van der Waals surface area contributed by atoms with E-state index in [1.165, 1.54) is 0 Å². The van der Waals surface area contributed by atoms with Crippen molar-refractivity contribution in [1.29, 1.82) is 0 Å². The van der Waals surface area contributed by atoms with Crippen LogP contribution < -0.4 is 10.1 Å². The maximum Gasteiger partial charge on any atom is 0.344 e. The molecule has 132 valence electrons. The predicted molar refractivity (Wildman–Crippen MR) is 97.7 cm³/mol. The number of aryl methyl sites for hydroxylation is 1. The van der Waals surface area contributed by atoms with E-state index in [9.17, 15) is 9.59 Å². The molecule has 0 aliphatic rings. The number of esters is 1. The van der Waals surface area contributed by atoms with Gasteiger partial charge < -0.3 is 14.8 Å². The normalized spacial score (nSPS) is 10.2. The summed E-state index contributed by atoms with van der Waals surface area (Å²) in [5.41, 5.74) is 1.09. The topological polar surface area (TPSA) is 64.6 Å². The molecule has 2 aromatic rings. The number of nitrogens with one attached hydrogen (secondary N) is 1. The van der Waals surface area contributed by atoms with Gasteiger partial charge in [-0.3, -0.25) is 4.79 Å². The molecule has 0 radical (unpaired) electrons. The monoisotopic (exact) mass is 401 g/mol. The lowest BCUT2D eigenvalue weighted by molar-refractivity contribution is -0.149. The highest BCUT2D eigenvalue weighted by Crippen LogP contribution is 2.29. The second-order valence-corrected chi connectivity index (χ2v) is 6.23. The SMILES string of the molecule is Cc1cc(OCC(=O)OCC(=O)Nc2c(Cl)cccc2Cl)ccc1Cl. The summed E-state index contributed by atoms with van der Waals surface area (Å²) < 4.78 is 10.1. The number of ether oxygens (including phenoxy) is 2. The van der Waals surface area contributed by atoms with Gasteiger partial charge in [0.2, 0.25) is 0 Å². The molecule has 0 aliphatic heterocycles. The molecule has 25 heavy (non-hydrogen) atoms. The fourth-order valence-corrected chi connectivity index (χ4v) is 2.44. The molecule has 0 saturated heterocycles. The molecule has 0 saturated carbocycles. The first-order valence-electron chi connectivity index (χ1n) is 7.15. The minimum atomic E-state index is -0.687. The van der Waals surface area contributed by atoms with Crippen LogP contribution in [0.1, 0.15) is 5.56 Å². The Morgan fingerprint density at radius 3 is 2.32 bits per heavy atom. The number of rotatable bonds is 6. The number of carbonyl (C=O) groups excluding carboxylic acids is 2. The van der Waals surface area contributed by atoms with Gasteiger partial charge in [0.25, 0.3) is 5.91 Å². The van der Waals surface area contributed by atoms with Gasteiger partial charge >= 0.3 is 5.97 Å². The van der Waals surface area contributed by atoms with Crippen molar-refractivity contribution in [3.63, 3.8) is 0 Å². The maximum atomic E-state index is 11.8. The number of hydrogen-bond donors (Lipinski definition) is 1. The third-order valence-corrected chi connectivity index (χ3v) is 4.13. The van der Waals surface area contributed by atoms with Crippen LogP contribution in [0.2, 0.25) is 15.1 Å². The van der Waals surface area contributed by atoms with E-state index in [1.54, 1.807) is 36.4 Å². The molecule has 0 bridgehead atoms. The molecular weight excluding hydrogens is 389 g/mol. The fourth-order valence-electron chi connectivity index (χ4n) is 1.83. The standard InChI is InChI=1S/C17H14Cl3NO4/c1-10-7-11(5-6-12(10)18)24-9-16(23)25-8-15(22)21-17-13(19)3-2-4-14(17)20/h2-7H,8-9H2,1H3,(H,21,22). The summed E-state index contributed by atoms with van der Waals surface area (Å²) in [6.45, 7) is 1.00. The Morgan fingerprint density at radius 2 is 1.68 bits per heavy atom. The molecule has 8 heteroatoms. The third kappa shape index (κ3) is 5.81. The highest BCUT2D eigenvalue weighted by Gasteiger charge is 2.12. The van der Waals surface area contributed by atoms with Gasteiger partial charge in [0, 0.05) is 5.02 Å². The number of carbonyl (C=O) groups is 2. The number of benzene rings is 2. The lowest BCUT2D eigenvalue weighted by Crippen LogP contribution is -2.24. The van der Waals surface area contributed by atoms with Crippen molar-refractivity contribution in [1.82, 2.24) is 0 Å². The molecule has 0 unspecified atom stereocenters. The average Bonchev–Trinajstić information content (AvgIpc) is 2.57. The van der Waals surface area contributed by atoms with Crippen molar-refractivity contribution in [2.45, 2.75) is 6.92 Å². The van der Waals surface area contributed by atoms with Gasteiger partial charge in [-0.05, 0) is 42.8 Å². The quantitative estimate of drug-likeness (QED) is 0.722. The molecule has 0 atom stereocenters. The summed E-state index contributed by atoms with van der Waals surface area (Å²) in [6, 6.07) is 9.80. The molecule has 0 fully saturated rings. The summed E-state index contributed by atoms with van der Waals surface area (Å²) in [4.78, 5) is 23.5. The van der Waals surface area contributed by atoms with Crippen molar-refractivity contribution in [2.75, 3.05) is 18.5 Å². The van der Waals surface area contributed by atoms with Gasteiger partial charge in [0.15, 0.2) is 13.2 Å². The minimum Gasteiger partial charge on any atom is -0.482 e. The van der Waals surface area contributed by atoms with E-state index in [4.69, 9.17) is 44.3 Å². The van der Waals surface area contributed by atoms with Crippen molar-refractivity contribution in [3.05, 3.63) is 57.0 Å². The summed E-state index contributed by atoms with van der Waals surface area (Å²) in [7, 11) is 0. The van der Waals surface area contributed by atoms with Crippen LogP contribution in [0, 0.1) is 6.92 Å². The number of amides is 1. The summed E-state index contributed by atoms with van der Waals surface area (Å²) in [5.74, 6) is -0.773. The van der Waals surface area contributed by atoms with Crippen LogP contribution in [0.25, 0.3) is 0 Å². The van der Waals surface area contributed by atoms with Gasteiger partial charge in [0.1, 0.15) is 5.75 Å². The molecule has 0 aromatic heterocycles. The molecule has 0 spiro atoms. The Bertz CT molecular complexity index is 775. The number of para-hydroxylation sites is 1. The van der Waals surface area contributed by atoms with Crippen LogP contribution in [-0.2, 0) is 14.3 Å². The first-order chi connectivity index (χ1) is 11.9. The second kappa shape index (κ2) is 8.94. The van der Waals surface area contributed by atoms with Crippen molar-refractivity contribution >= 4 is 52.4 Å². The van der Waals surface area contributed by atoms with E-state index in [1.807, 2.05) is 6.92 Å². The van der Waals surface area contributed by atoms with E-state index in [0.717, 1.165) is 5.56 Å². The van der Waals surface area contributed by atoms with Gasteiger partial charge in [-0.15, -0.1) is 0 Å². The second-order valence-electron chi connectivity index (χ2n) is 5.01. The van der Waals surface area contributed by atoms with Crippen molar-refractivity contribution in [2.24, 2.45) is 0 Å². The van der Waals surface area contributed by atoms with Crippen LogP contribution in [0.3, 0.4) is 0 Å². The van der Waals surface area contributed by atoms with Crippen LogP contribution in [0.4, 0.5) is 5.69 Å². The van der Waals surface area contributed by atoms with Gasteiger partial charge in [-0.25, -0.2) is 4.79 Å². The first kappa shape index (κ1) is 19.4. The molecule has 1 amide bonds. The molecule has 2 rings (SSSR count). The van der Waals surface area contributed by atoms with Crippen LogP contribution in [-0.4, -0.2) is 25.1 Å². The molecule has 5 nitrogen and oxygen atoms in total. The van der Waals surface area contributed by atoms with Crippen molar-refractivity contribution in [3.8, 4) is 5.75 Å². The van der Waals surface area contributed by atoms with E-state index >= 15 is 0 Å². The number of halogens is 3. The minimum absolute atomic E-state index is 0.264. The molecule has 0 heterocycles. The van der Waals surface area contributed by atoms with Gasteiger partial charge in [0.05, 0.1) is 15.7 Å². The summed E-state index contributed by atoms with van der Waals surface area (Å²) in [6.07, 6.45) is 0. The highest BCUT2D eigenvalue weighted by molar-refractivity contribution is 6.39. The first-order valence-corrected chi connectivity index (χ1v) is 8.28. The van der Waals surface area contributed by atoms with E-state index in [0.29, 0.717) is 10.8 Å². The van der Waals surface area contributed by atoms with Crippen molar-refractivity contribution < 1.29 is 19.1 Å². The Kier molecular flexibility index (Phi) is 6.93. The van der Waals surface area contributed by atoms with E-state index in [2.05, 4.69) is 5.32 Å². The lowest BCUT2D eigenvalue weighted by Gasteiger charge is -2.10. The maximum absolute atomic E-state index is 11.8. The van der Waals surface area contributed by atoms with Crippen LogP contribution in [0.15, 0.2) is 36.4 Å². The number of hydrogen-bond acceptors (Lipinski definition) is 4. The summed E-state index contributed by atoms with van der Waals surface area (Å²) in [5, 5.41) is 3.66. The average molecular weight is 403 g/mol. The Balaban J connectivity index is 1.79. The highest BCUT2D eigenvalue weighted by atomic mass is 35.5. The smallest absolute Gasteiger partial charge is 0.344 e. The molecular formula is C17H14Cl3NO4. The van der Waals surface area contributed by atoms with E-state index in [-0.39, 0.29) is 22.3 Å². The lowest BCUT2D eigenvalue weighted by atomic mass is 10.2. The zero-order valence-electron chi connectivity index (χ0n) is 13.1. The van der Waals surface area contributed by atoms with Gasteiger partial charge in [-0.2, -0.15) is 0 Å². The molecule has 0 aliphatic carbocycles. The Labute approximate surface area is 159 Å². The van der Waals surface area contributed by atoms with E-state index < -0.39 is 18.5 Å². The zero-order valence-corrected chi connectivity index (χ0v) is 15.4. The fraction of sp³-hybridized carbons (Fsp3) is 0.176. The molecule has 2 aromatic carbocycles. The predicted octanol–water partition coefficient (Wildman–Crippen LogP) is 4.52. The summed E-state index contributed by atoms with van der Waals surface area (Å²) >= 11 is 17.8. The third-order valence-electron chi connectivity index (χ3n) is 3.08. The van der Waals surface area contributed by atoms with Crippen LogP contribution >= 0.6 is 34.8 Å². The Hall–Kier alpha value is -1.95. The zero-order chi connectivity index (χ0) is 18.4. The van der Waals surface area contributed by atoms with Gasteiger partial charge in [-0.1, -0.05) is 40.9 Å². The largest absolute Gasteiger partial charge is 0.482 e. The molecule has 1 N–H and O–H groups in total. The Morgan fingerprint density at radius 1 is 1.00 bits per heavy atom. The van der Waals surface area contributed by atoms with Crippen LogP contribution in [0.5, 0.6) is 5.75 Å². The number of anilines is 1.